The van der Waals surface area contributed by atoms with Gasteiger partial charge in [0.05, 0.1) is 0 Å². The number of aromatic hydroxyl groups is 1. The second kappa shape index (κ2) is 5.15. The molecule has 2 unspecified atom stereocenters. The van der Waals surface area contributed by atoms with Crippen LogP contribution in [0.25, 0.3) is 6.08 Å². The Morgan fingerprint density at radius 2 is 1.95 bits per heavy atom. The number of phenolic OH excluding ortho intramolecular Hbond substituents is 1. The number of ether oxygens (including phenoxy) is 1. The number of benzene rings is 1. The summed E-state index contributed by atoms with van der Waals surface area (Å²) in [4.78, 5) is 12.1. The molecule has 3 atom stereocenters. The summed E-state index contributed by atoms with van der Waals surface area (Å²) in [6.45, 7) is 6.89. The largest absolute Gasteiger partial charge is 0.508 e. The van der Waals surface area contributed by atoms with Gasteiger partial charge in [0.25, 0.3) is 0 Å². The molecule has 2 saturated carbocycles. The maximum Gasteiger partial charge on any atom is 0.331 e. The van der Waals surface area contributed by atoms with Gasteiger partial charge in [0, 0.05) is 11.5 Å². The van der Waals surface area contributed by atoms with Gasteiger partial charge in [-0.15, -0.1) is 0 Å². The Labute approximate surface area is 132 Å². The lowest BCUT2D eigenvalue weighted by Gasteiger charge is -2.38. The van der Waals surface area contributed by atoms with Gasteiger partial charge in [-0.1, -0.05) is 32.9 Å². The Morgan fingerprint density at radius 1 is 1.27 bits per heavy atom. The van der Waals surface area contributed by atoms with E-state index in [2.05, 4.69) is 20.8 Å². The van der Waals surface area contributed by atoms with Crippen LogP contribution in [-0.4, -0.2) is 17.2 Å². The molecule has 3 heteroatoms. The van der Waals surface area contributed by atoms with Crippen LogP contribution in [0.3, 0.4) is 0 Å². The Balaban J connectivity index is 1.65. The molecule has 3 rings (SSSR count). The molecule has 1 aromatic carbocycles. The van der Waals surface area contributed by atoms with E-state index in [0.717, 1.165) is 18.4 Å². The van der Waals surface area contributed by atoms with Gasteiger partial charge in [0.2, 0.25) is 0 Å². The van der Waals surface area contributed by atoms with Crippen LogP contribution in [-0.2, 0) is 9.53 Å². The van der Waals surface area contributed by atoms with Crippen LogP contribution in [0.5, 0.6) is 5.75 Å². The summed E-state index contributed by atoms with van der Waals surface area (Å²) in [6.07, 6.45) is 6.61. The number of phenols is 1. The molecule has 2 bridgehead atoms. The van der Waals surface area contributed by atoms with E-state index in [0.29, 0.717) is 5.92 Å². The van der Waals surface area contributed by atoms with E-state index in [1.54, 1.807) is 30.3 Å². The second-order valence-corrected chi connectivity index (χ2v) is 7.46. The number of carbonyl (C=O) groups excluding carboxylic acids is 1. The summed E-state index contributed by atoms with van der Waals surface area (Å²) < 4.78 is 5.75. The third-order valence-electron chi connectivity index (χ3n) is 6.28. The highest BCUT2D eigenvalue weighted by Gasteiger charge is 2.62. The predicted octanol–water partition coefficient (Wildman–Crippen LogP) is 4.16. The van der Waals surface area contributed by atoms with Crippen LogP contribution in [0.15, 0.2) is 30.3 Å². The number of esters is 1. The fraction of sp³-hybridized carbons (Fsp3) is 0.526. The molecule has 1 N–H and O–H groups in total. The van der Waals surface area contributed by atoms with Crippen molar-refractivity contribution in [3.63, 3.8) is 0 Å². The van der Waals surface area contributed by atoms with Crippen molar-refractivity contribution in [2.45, 2.75) is 46.1 Å². The third kappa shape index (κ3) is 2.33. The van der Waals surface area contributed by atoms with Crippen molar-refractivity contribution in [2.75, 3.05) is 0 Å². The molecule has 0 saturated heterocycles. The Hall–Kier alpha value is -1.77. The Bertz CT molecular complexity index is 600. The zero-order valence-corrected chi connectivity index (χ0v) is 13.5. The average molecular weight is 300 g/mol. The molecule has 0 amide bonds. The van der Waals surface area contributed by atoms with Gasteiger partial charge in [-0.2, -0.15) is 0 Å². The van der Waals surface area contributed by atoms with Crippen molar-refractivity contribution in [1.82, 2.24) is 0 Å². The minimum Gasteiger partial charge on any atom is -0.508 e. The third-order valence-corrected chi connectivity index (χ3v) is 6.28. The van der Waals surface area contributed by atoms with E-state index in [1.807, 2.05) is 0 Å². The zero-order chi connectivity index (χ0) is 16.0. The quantitative estimate of drug-likeness (QED) is 0.673. The van der Waals surface area contributed by atoms with Gasteiger partial charge in [0.15, 0.2) is 0 Å². The maximum atomic E-state index is 12.1. The topological polar surface area (TPSA) is 46.5 Å². The first-order valence-electron chi connectivity index (χ1n) is 8.01. The summed E-state index contributed by atoms with van der Waals surface area (Å²) in [5.41, 5.74) is 1.22. The SMILES string of the molecule is CC1(C)C2CC[C@]1(C)C(OC(=O)/C=C/c1ccc(O)cc1)C2. The molecule has 3 nitrogen and oxygen atoms in total. The first kappa shape index (κ1) is 15.1. The number of hydrogen-bond donors (Lipinski definition) is 1. The molecular weight excluding hydrogens is 276 g/mol. The van der Waals surface area contributed by atoms with E-state index in [-0.39, 0.29) is 28.7 Å². The van der Waals surface area contributed by atoms with Gasteiger partial charge >= 0.3 is 5.97 Å². The van der Waals surface area contributed by atoms with E-state index in [4.69, 9.17) is 4.74 Å². The van der Waals surface area contributed by atoms with Crippen LogP contribution in [0.1, 0.15) is 45.6 Å². The molecular formula is C19H24O3. The maximum absolute atomic E-state index is 12.1. The summed E-state index contributed by atoms with van der Waals surface area (Å²) in [7, 11) is 0. The lowest BCUT2D eigenvalue weighted by Crippen LogP contribution is -2.38. The summed E-state index contributed by atoms with van der Waals surface area (Å²) in [5, 5.41) is 9.25. The molecule has 0 spiro atoms. The molecule has 1 aromatic rings. The van der Waals surface area contributed by atoms with Crippen molar-refractivity contribution in [3.8, 4) is 5.75 Å². The average Bonchev–Trinajstić information content (AvgIpc) is 2.80. The van der Waals surface area contributed by atoms with Crippen molar-refractivity contribution in [3.05, 3.63) is 35.9 Å². The van der Waals surface area contributed by atoms with Crippen LogP contribution in [0.4, 0.5) is 0 Å². The van der Waals surface area contributed by atoms with Gasteiger partial charge in [-0.25, -0.2) is 4.79 Å². The highest BCUT2D eigenvalue weighted by molar-refractivity contribution is 5.87. The molecule has 2 fully saturated rings. The molecule has 22 heavy (non-hydrogen) atoms. The minimum absolute atomic E-state index is 0.0261. The van der Waals surface area contributed by atoms with E-state index in [1.165, 1.54) is 12.5 Å². The van der Waals surface area contributed by atoms with Crippen LogP contribution < -0.4 is 0 Å². The zero-order valence-electron chi connectivity index (χ0n) is 13.5. The van der Waals surface area contributed by atoms with Crippen LogP contribution >= 0.6 is 0 Å². The van der Waals surface area contributed by atoms with E-state index in [9.17, 15) is 9.90 Å². The first-order valence-corrected chi connectivity index (χ1v) is 8.01. The first-order chi connectivity index (χ1) is 10.3. The Morgan fingerprint density at radius 3 is 2.50 bits per heavy atom. The predicted molar refractivity (Wildman–Crippen MR) is 86.2 cm³/mol. The summed E-state index contributed by atoms with van der Waals surface area (Å²) in [6, 6.07) is 6.73. The smallest absolute Gasteiger partial charge is 0.331 e. The van der Waals surface area contributed by atoms with Crippen molar-refractivity contribution in [1.29, 1.82) is 0 Å². The minimum atomic E-state index is -0.275. The number of rotatable bonds is 3. The monoisotopic (exact) mass is 300 g/mol. The normalized spacial score (nSPS) is 32.5. The summed E-state index contributed by atoms with van der Waals surface area (Å²) in [5.74, 6) is 0.607. The number of carbonyl (C=O) groups is 1. The highest BCUT2D eigenvalue weighted by Crippen LogP contribution is 2.66. The fourth-order valence-corrected chi connectivity index (χ4v) is 4.24. The molecule has 0 aliphatic heterocycles. The Kier molecular flexibility index (Phi) is 3.54. The van der Waals surface area contributed by atoms with Gasteiger partial charge < -0.3 is 9.84 Å². The second-order valence-electron chi connectivity index (χ2n) is 7.46. The van der Waals surface area contributed by atoms with Crippen LogP contribution in [0.2, 0.25) is 0 Å². The number of hydrogen-bond acceptors (Lipinski definition) is 3. The lowest BCUT2D eigenvalue weighted by atomic mass is 9.70. The molecule has 0 radical (unpaired) electrons. The molecule has 0 heterocycles. The van der Waals surface area contributed by atoms with Gasteiger partial charge in [0.1, 0.15) is 11.9 Å². The molecule has 118 valence electrons. The highest BCUT2D eigenvalue weighted by atomic mass is 16.5. The van der Waals surface area contributed by atoms with Crippen LogP contribution in [0, 0.1) is 16.7 Å². The van der Waals surface area contributed by atoms with Gasteiger partial charge in [-0.3, -0.25) is 0 Å². The lowest BCUT2D eigenvalue weighted by molar-refractivity contribution is -0.150. The molecule has 0 aromatic heterocycles. The van der Waals surface area contributed by atoms with Crippen molar-refractivity contribution >= 4 is 12.0 Å². The number of fused-ring (bicyclic) bond motifs is 2. The summed E-state index contributed by atoms with van der Waals surface area (Å²) >= 11 is 0. The molecule has 2 aliphatic rings. The van der Waals surface area contributed by atoms with Gasteiger partial charge in [-0.05, 0) is 54.4 Å². The molecule has 2 aliphatic carbocycles. The fourth-order valence-electron chi connectivity index (χ4n) is 4.24. The van der Waals surface area contributed by atoms with E-state index < -0.39 is 0 Å². The standard InChI is InChI=1S/C19H24O3/c1-18(2)14-10-11-19(18,3)16(12-14)22-17(21)9-6-13-4-7-15(20)8-5-13/h4-9,14,16,20H,10-12H2,1-3H3/b9-6+/t14?,16?,19-/m1/s1. The van der Waals surface area contributed by atoms with E-state index >= 15 is 0 Å². The van der Waals surface area contributed by atoms with Crippen molar-refractivity contribution in [2.24, 2.45) is 16.7 Å². The van der Waals surface area contributed by atoms with Crippen molar-refractivity contribution < 1.29 is 14.6 Å².